The molecule has 0 bridgehead atoms. The Kier molecular flexibility index (Phi) is 9.99. The Labute approximate surface area is 121 Å². The summed E-state index contributed by atoms with van der Waals surface area (Å²) in [7, 11) is 0. The van der Waals surface area contributed by atoms with Crippen molar-refractivity contribution >= 4 is 11.7 Å². The molecule has 0 aliphatic carbocycles. The summed E-state index contributed by atoms with van der Waals surface area (Å²) >= 11 is 0. The van der Waals surface area contributed by atoms with Crippen LogP contribution in [0.3, 0.4) is 0 Å². The maximum absolute atomic E-state index is 11.5. The molecule has 10 nitrogen and oxygen atoms in total. The van der Waals surface area contributed by atoms with Gasteiger partial charge < -0.3 is 41.9 Å². The number of hydrogen-bond donors (Lipinski definition) is 8. The fourth-order valence-electron chi connectivity index (χ4n) is 1.42. The number of nitrogens with two attached hydrogens (primary N) is 1. The van der Waals surface area contributed by atoms with E-state index >= 15 is 0 Å². The third-order valence-electron chi connectivity index (χ3n) is 2.67. The average Bonchev–Trinajstić information content (AvgIpc) is 2.50. The van der Waals surface area contributed by atoms with E-state index < -0.39 is 42.7 Å². The van der Waals surface area contributed by atoms with Crippen LogP contribution in [0.1, 0.15) is 0 Å². The number of carbonyl (C=O) groups excluding carboxylic acids is 2. The molecule has 0 rings (SSSR count). The number of carbonyl (C=O) groups is 2. The lowest BCUT2D eigenvalue weighted by Gasteiger charge is -2.25. The first-order chi connectivity index (χ1) is 9.86. The molecular formula is C11H23N3O7. The van der Waals surface area contributed by atoms with Gasteiger partial charge in [0.1, 0.15) is 24.9 Å². The zero-order valence-electron chi connectivity index (χ0n) is 11.5. The van der Waals surface area contributed by atoms with Crippen molar-refractivity contribution in [3.05, 3.63) is 0 Å². The predicted molar refractivity (Wildman–Crippen MR) is 71.1 cm³/mol. The van der Waals surface area contributed by atoms with E-state index in [0.717, 1.165) is 0 Å². The van der Waals surface area contributed by atoms with Gasteiger partial charge in [0.05, 0.1) is 0 Å². The molecule has 0 aliphatic heterocycles. The summed E-state index contributed by atoms with van der Waals surface area (Å²) in [4.78, 5) is 22.4. The monoisotopic (exact) mass is 309 g/mol. The molecule has 21 heavy (non-hydrogen) atoms. The van der Waals surface area contributed by atoms with E-state index in [1.54, 1.807) is 0 Å². The van der Waals surface area contributed by atoms with Gasteiger partial charge in [-0.2, -0.15) is 0 Å². The van der Waals surface area contributed by atoms with E-state index in [-0.39, 0.29) is 6.54 Å². The van der Waals surface area contributed by atoms with Crippen molar-refractivity contribution < 1.29 is 35.1 Å². The molecule has 0 aliphatic rings. The van der Waals surface area contributed by atoms with Crippen LogP contribution in [0, 0.1) is 0 Å². The van der Waals surface area contributed by atoms with Crippen molar-refractivity contribution in [3.8, 4) is 0 Å². The zero-order valence-corrected chi connectivity index (χ0v) is 11.5. The van der Waals surface area contributed by atoms with Crippen molar-refractivity contribution in [1.82, 2.24) is 10.6 Å². The number of Topliss-reactive ketones (excluding diaryl/α,β-unsaturated/α-hetero) is 1. The minimum atomic E-state index is -2.10. The van der Waals surface area contributed by atoms with Crippen LogP contribution in [0.5, 0.6) is 0 Å². The van der Waals surface area contributed by atoms with Crippen molar-refractivity contribution in [2.45, 2.75) is 24.4 Å². The molecule has 124 valence electrons. The fraction of sp³-hybridized carbons (Fsp3) is 0.818. The van der Waals surface area contributed by atoms with Gasteiger partial charge in [0.15, 0.2) is 11.9 Å². The lowest BCUT2D eigenvalue weighted by atomic mass is 10.00. The van der Waals surface area contributed by atoms with Crippen LogP contribution >= 0.6 is 0 Å². The second-order valence-corrected chi connectivity index (χ2v) is 4.32. The standard InChI is InChI=1S/C11H23N3O7/c12-1-2-13-3-4-14-11(21)10(20)9(19)8(18)7(17)6(16)5-15/h7-10,13,15,17-20H,1-5,12H2,(H,14,21)/t7-,8+,9+,10-/m0/s1. The molecule has 0 radical (unpaired) electrons. The number of nitrogens with one attached hydrogen (secondary N) is 2. The van der Waals surface area contributed by atoms with Crippen LogP contribution in [0.15, 0.2) is 0 Å². The molecule has 1 amide bonds. The fourth-order valence-corrected chi connectivity index (χ4v) is 1.42. The number of rotatable bonds is 11. The maximum Gasteiger partial charge on any atom is 0.251 e. The van der Waals surface area contributed by atoms with E-state index in [9.17, 15) is 30.0 Å². The second-order valence-electron chi connectivity index (χ2n) is 4.32. The van der Waals surface area contributed by atoms with Gasteiger partial charge in [0, 0.05) is 26.2 Å². The summed E-state index contributed by atoms with van der Waals surface area (Å²) in [5.41, 5.74) is 5.24. The van der Waals surface area contributed by atoms with Crippen LogP contribution in [-0.2, 0) is 9.59 Å². The van der Waals surface area contributed by atoms with Crippen LogP contribution in [0.4, 0.5) is 0 Å². The number of ketones is 1. The lowest BCUT2D eigenvalue weighted by molar-refractivity contribution is -0.155. The summed E-state index contributed by atoms with van der Waals surface area (Å²) in [6.07, 6.45) is -8.30. The molecule has 0 fully saturated rings. The van der Waals surface area contributed by atoms with Gasteiger partial charge in [-0.05, 0) is 0 Å². The number of hydrogen-bond acceptors (Lipinski definition) is 9. The molecule has 0 heterocycles. The third kappa shape index (κ3) is 6.91. The number of aliphatic hydroxyl groups is 5. The van der Waals surface area contributed by atoms with E-state index in [1.807, 2.05) is 0 Å². The molecule has 0 saturated carbocycles. The minimum Gasteiger partial charge on any atom is -0.388 e. The summed E-state index contributed by atoms with van der Waals surface area (Å²) in [6.45, 7) is 0.476. The summed E-state index contributed by atoms with van der Waals surface area (Å²) in [5.74, 6) is -2.11. The Morgan fingerprint density at radius 3 is 2.05 bits per heavy atom. The summed E-state index contributed by atoms with van der Waals surface area (Å²) in [5, 5.41) is 51.4. The Balaban J connectivity index is 4.25. The molecule has 0 unspecified atom stereocenters. The van der Waals surface area contributed by atoms with Gasteiger partial charge in [0.25, 0.3) is 5.91 Å². The molecule has 0 aromatic rings. The van der Waals surface area contributed by atoms with Gasteiger partial charge in [-0.25, -0.2) is 0 Å². The second kappa shape index (κ2) is 10.6. The highest BCUT2D eigenvalue weighted by Crippen LogP contribution is 2.06. The Morgan fingerprint density at radius 1 is 0.952 bits per heavy atom. The van der Waals surface area contributed by atoms with Crippen LogP contribution in [0.2, 0.25) is 0 Å². The van der Waals surface area contributed by atoms with Crippen LogP contribution < -0.4 is 16.4 Å². The van der Waals surface area contributed by atoms with Gasteiger partial charge >= 0.3 is 0 Å². The van der Waals surface area contributed by atoms with E-state index in [1.165, 1.54) is 0 Å². The first-order valence-electron chi connectivity index (χ1n) is 6.41. The van der Waals surface area contributed by atoms with Gasteiger partial charge in [-0.3, -0.25) is 9.59 Å². The van der Waals surface area contributed by atoms with Gasteiger partial charge in [-0.1, -0.05) is 0 Å². The molecule has 0 aromatic heterocycles. The first kappa shape index (κ1) is 19.9. The predicted octanol–water partition coefficient (Wildman–Crippen LogP) is -5.34. The highest BCUT2D eigenvalue weighted by molar-refractivity contribution is 5.85. The largest absolute Gasteiger partial charge is 0.388 e. The molecular weight excluding hydrogens is 286 g/mol. The zero-order chi connectivity index (χ0) is 16.4. The average molecular weight is 309 g/mol. The van der Waals surface area contributed by atoms with E-state index in [2.05, 4.69) is 10.6 Å². The smallest absolute Gasteiger partial charge is 0.251 e. The highest BCUT2D eigenvalue weighted by atomic mass is 16.4. The Morgan fingerprint density at radius 2 is 1.52 bits per heavy atom. The Bertz CT molecular complexity index is 329. The van der Waals surface area contributed by atoms with Crippen molar-refractivity contribution in [2.24, 2.45) is 5.73 Å². The van der Waals surface area contributed by atoms with Crippen molar-refractivity contribution in [3.63, 3.8) is 0 Å². The normalized spacial score (nSPS) is 16.9. The quantitative estimate of drug-likeness (QED) is 0.172. The topological polar surface area (TPSA) is 185 Å². The number of aliphatic hydroxyl groups excluding tert-OH is 5. The lowest BCUT2D eigenvalue weighted by Crippen LogP contribution is -2.53. The van der Waals surface area contributed by atoms with Crippen molar-refractivity contribution in [2.75, 3.05) is 32.8 Å². The molecule has 0 saturated heterocycles. The van der Waals surface area contributed by atoms with E-state index in [0.29, 0.717) is 19.6 Å². The van der Waals surface area contributed by atoms with Gasteiger partial charge in [-0.15, -0.1) is 0 Å². The molecule has 0 aromatic carbocycles. The molecule has 9 N–H and O–H groups in total. The SMILES string of the molecule is NCCNCCNC(=O)[C@@H](O)[C@H](O)[C@H](O)[C@@H](O)C(=O)CO. The minimum absolute atomic E-state index is 0.150. The molecule has 0 spiro atoms. The molecule has 4 atom stereocenters. The van der Waals surface area contributed by atoms with Crippen molar-refractivity contribution in [1.29, 1.82) is 0 Å². The van der Waals surface area contributed by atoms with Gasteiger partial charge in [0.2, 0.25) is 0 Å². The van der Waals surface area contributed by atoms with E-state index in [4.69, 9.17) is 10.8 Å². The number of amides is 1. The summed E-state index contributed by atoms with van der Waals surface area (Å²) in [6, 6.07) is 0. The van der Waals surface area contributed by atoms with Crippen LogP contribution in [0.25, 0.3) is 0 Å². The first-order valence-corrected chi connectivity index (χ1v) is 6.41. The maximum atomic E-state index is 11.5. The highest BCUT2D eigenvalue weighted by Gasteiger charge is 2.36. The molecule has 10 heteroatoms. The van der Waals surface area contributed by atoms with Crippen LogP contribution in [-0.4, -0.2) is 94.4 Å². The third-order valence-corrected chi connectivity index (χ3v) is 2.67. The Hall–Kier alpha value is -1.14. The summed E-state index contributed by atoms with van der Waals surface area (Å²) < 4.78 is 0.